The minimum absolute atomic E-state index is 0.0131. The van der Waals surface area contributed by atoms with Crippen molar-refractivity contribution >= 4 is 11.9 Å². The summed E-state index contributed by atoms with van der Waals surface area (Å²) in [6.07, 6.45) is 2.13. The molecule has 0 aromatic rings. The summed E-state index contributed by atoms with van der Waals surface area (Å²) in [7, 11) is 0. The lowest BCUT2D eigenvalue weighted by Crippen LogP contribution is -2.58. The number of amidine groups is 1. The smallest absolute Gasteiger partial charge is 0.315 e. The predicted molar refractivity (Wildman–Crippen MR) is 62.1 cm³/mol. The van der Waals surface area contributed by atoms with E-state index in [9.17, 15) is 4.79 Å². The van der Waals surface area contributed by atoms with Crippen molar-refractivity contribution in [3.05, 3.63) is 0 Å². The van der Waals surface area contributed by atoms with Crippen molar-refractivity contribution in [1.29, 1.82) is 5.41 Å². The van der Waals surface area contributed by atoms with Gasteiger partial charge in [0.1, 0.15) is 5.84 Å². The van der Waals surface area contributed by atoms with E-state index >= 15 is 0 Å². The first-order chi connectivity index (χ1) is 7.02. The van der Waals surface area contributed by atoms with E-state index in [2.05, 4.69) is 10.6 Å². The first-order valence-electron chi connectivity index (χ1n) is 5.42. The molecule has 0 spiro atoms. The maximum Gasteiger partial charge on any atom is 0.315 e. The molecule has 0 saturated carbocycles. The molecule has 0 atom stereocenters. The Morgan fingerprint density at radius 3 is 2.20 bits per heavy atom. The van der Waals surface area contributed by atoms with Gasteiger partial charge in [-0.2, -0.15) is 0 Å². The quantitative estimate of drug-likeness (QED) is 0.395. The summed E-state index contributed by atoms with van der Waals surface area (Å²) in [4.78, 5) is 11.5. The first-order valence-corrected chi connectivity index (χ1v) is 5.42. The van der Waals surface area contributed by atoms with E-state index in [1.807, 2.05) is 20.8 Å². The molecule has 5 heteroatoms. The standard InChI is InChI=1S/C10H22N4O/c1-4-7-13-9(15)14-10(5-2,6-3)8(11)12/h4-7H2,1-3H3,(H3,11,12)(H2,13,14,15). The van der Waals surface area contributed by atoms with Crippen LogP contribution in [0.5, 0.6) is 0 Å². The lowest BCUT2D eigenvalue weighted by molar-refractivity contribution is 0.231. The molecule has 2 amide bonds. The Kier molecular flexibility index (Phi) is 5.74. The second-order valence-corrected chi connectivity index (χ2v) is 3.58. The summed E-state index contributed by atoms with van der Waals surface area (Å²) < 4.78 is 0. The lowest BCUT2D eigenvalue weighted by atomic mass is 9.92. The molecule has 15 heavy (non-hydrogen) atoms. The van der Waals surface area contributed by atoms with Crippen LogP contribution in [0.3, 0.4) is 0 Å². The van der Waals surface area contributed by atoms with Crippen LogP contribution in [0.1, 0.15) is 40.0 Å². The van der Waals surface area contributed by atoms with Crippen LogP contribution in [0.15, 0.2) is 0 Å². The van der Waals surface area contributed by atoms with Gasteiger partial charge in [-0.05, 0) is 19.3 Å². The molecule has 5 nitrogen and oxygen atoms in total. The van der Waals surface area contributed by atoms with Crippen molar-refractivity contribution in [1.82, 2.24) is 10.6 Å². The van der Waals surface area contributed by atoms with Gasteiger partial charge < -0.3 is 16.4 Å². The lowest BCUT2D eigenvalue weighted by Gasteiger charge is -2.31. The Morgan fingerprint density at radius 2 is 1.87 bits per heavy atom. The topological polar surface area (TPSA) is 91.0 Å². The summed E-state index contributed by atoms with van der Waals surface area (Å²) in [6.45, 7) is 6.43. The van der Waals surface area contributed by atoms with Crippen molar-refractivity contribution in [3.63, 3.8) is 0 Å². The molecular weight excluding hydrogens is 192 g/mol. The average molecular weight is 214 g/mol. The minimum Gasteiger partial charge on any atom is -0.386 e. The number of nitrogens with one attached hydrogen (secondary N) is 3. The Hall–Kier alpha value is -1.26. The normalized spacial score (nSPS) is 10.9. The van der Waals surface area contributed by atoms with Gasteiger partial charge in [-0.25, -0.2) is 4.79 Å². The van der Waals surface area contributed by atoms with E-state index < -0.39 is 5.54 Å². The van der Waals surface area contributed by atoms with Gasteiger partial charge in [-0.3, -0.25) is 5.41 Å². The summed E-state index contributed by atoms with van der Waals surface area (Å²) in [5.41, 5.74) is 4.81. The zero-order valence-corrected chi connectivity index (χ0v) is 9.81. The second kappa shape index (κ2) is 6.27. The van der Waals surface area contributed by atoms with E-state index in [1.54, 1.807) is 0 Å². The minimum atomic E-state index is -0.697. The molecule has 0 aliphatic rings. The number of carbonyl (C=O) groups is 1. The van der Waals surface area contributed by atoms with Crippen molar-refractivity contribution < 1.29 is 4.79 Å². The highest BCUT2D eigenvalue weighted by Crippen LogP contribution is 2.14. The van der Waals surface area contributed by atoms with Crippen molar-refractivity contribution in [2.45, 2.75) is 45.6 Å². The fourth-order valence-corrected chi connectivity index (χ4v) is 1.38. The SMILES string of the molecule is CCCNC(=O)NC(CC)(CC)C(=N)N. The molecule has 0 heterocycles. The van der Waals surface area contributed by atoms with Crippen LogP contribution in [0.4, 0.5) is 4.79 Å². The fourth-order valence-electron chi connectivity index (χ4n) is 1.38. The largest absolute Gasteiger partial charge is 0.386 e. The molecule has 0 aliphatic carbocycles. The van der Waals surface area contributed by atoms with Crippen molar-refractivity contribution in [2.24, 2.45) is 5.73 Å². The number of hydrogen-bond acceptors (Lipinski definition) is 2. The van der Waals surface area contributed by atoms with E-state index in [0.29, 0.717) is 19.4 Å². The maximum absolute atomic E-state index is 11.5. The van der Waals surface area contributed by atoms with Crippen LogP contribution in [0, 0.1) is 5.41 Å². The average Bonchev–Trinajstić information content (AvgIpc) is 2.22. The molecule has 0 fully saturated rings. The molecule has 0 radical (unpaired) electrons. The van der Waals surface area contributed by atoms with Gasteiger partial charge in [0.2, 0.25) is 0 Å². The van der Waals surface area contributed by atoms with Gasteiger partial charge in [0.25, 0.3) is 0 Å². The molecule has 0 bridgehead atoms. The molecule has 0 unspecified atom stereocenters. The summed E-state index contributed by atoms with van der Waals surface area (Å²) in [5, 5.41) is 13.0. The van der Waals surface area contributed by atoms with E-state index in [0.717, 1.165) is 6.42 Å². The maximum atomic E-state index is 11.5. The van der Waals surface area contributed by atoms with Crippen molar-refractivity contribution in [3.8, 4) is 0 Å². The first kappa shape index (κ1) is 13.7. The summed E-state index contributed by atoms with van der Waals surface area (Å²) in [6, 6.07) is -0.254. The Labute approximate surface area is 91.3 Å². The molecule has 0 aromatic heterocycles. The molecule has 0 aliphatic heterocycles. The van der Waals surface area contributed by atoms with Gasteiger partial charge in [0, 0.05) is 6.54 Å². The van der Waals surface area contributed by atoms with Crippen LogP contribution >= 0.6 is 0 Å². The Bertz CT molecular complexity index is 223. The molecule has 5 N–H and O–H groups in total. The predicted octanol–water partition coefficient (Wildman–Crippen LogP) is 1.19. The number of nitrogens with two attached hydrogens (primary N) is 1. The van der Waals surface area contributed by atoms with Gasteiger partial charge in [-0.15, -0.1) is 0 Å². The zero-order valence-electron chi connectivity index (χ0n) is 9.81. The molecule has 0 aromatic carbocycles. The number of carbonyl (C=O) groups excluding carboxylic acids is 1. The second-order valence-electron chi connectivity index (χ2n) is 3.58. The molecule has 0 rings (SSSR count). The third-order valence-corrected chi connectivity index (χ3v) is 2.61. The van der Waals surface area contributed by atoms with Crippen LogP contribution in [-0.2, 0) is 0 Å². The monoisotopic (exact) mass is 214 g/mol. The van der Waals surface area contributed by atoms with Gasteiger partial charge >= 0.3 is 6.03 Å². The van der Waals surface area contributed by atoms with Crippen molar-refractivity contribution in [2.75, 3.05) is 6.54 Å². The van der Waals surface area contributed by atoms with Crippen LogP contribution in [-0.4, -0.2) is 24.0 Å². The molecular formula is C10H22N4O. The third kappa shape index (κ3) is 3.77. The number of hydrogen-bond donors (Lipinski definition) is 4. The van der Waals surface area contributed by atoms with E-state index in [4.69, 9.17) is 11.1 Å². The van der Waals surface area contributed by atoms with Gasteiger partial charge in [0.05, 0.1) is 5.54 Å². The van der Waals surface area contributed by atoms with Crippen LogP contribution in [0.25, 0.3) is 0 Å². The van der Waals surface area contributed by atoms with Gasteiger partial charge in [0.15, 0.2) is 0 Å². The van der Waals surface area contributed by atoms with Crippen LogP contribution in [0.2, 0.25) is 0 Å². The summed E-state index contributed by atoms with van der Waals surface area (Å²) in [5.74, 6) is 0.0131. The number of amides is 2. The van der Waals surface area contributed by atoms with Gasteiger partial charge in [-0.1, -0.05) is 20.8 Å². The Morgan fingerprint density at radius 1 is 1.33 bits per heavy atom. The van der Waals surface area contributed by atoms with E-state index in [1.165, 1.54) is 0 Å². The van der Waals surface area contributed by atoms with E-state index in [-0.39, 0.29) is 11.9 Å². The third-order valence-electron chi connectivity index (χ3n) is 2.61. The highest BCUT2D eigenvalue weighted by Gasteiger charge is 2.31. The molecule has 88 valence electrons. The Balaban J connectivity index is 4.40. The highest BCUT2D eigenvalue weighted by molar-refractivity contribution is 5.91. The summed E-state index contributed by atoms with van der Waals surface area (Å²) >= 11 is 0. The fraction of sp³-hybridized carbons (Fsp3) is 0.800. The number of rotatable bonds is 6. The van der Waals surface area contributed by atoms with Crippen LogP contribution < -0.4 is 16.4 Å². The highest BCUT2D eigenvalue weighted by atomic mass is 16.2. The number of urea groups is 1. The molecule has 0 saturated heterocycles. The zero-order chi connectivity index (χ0) is 11.9.